The molecule has 2 aromatic carbocycles. The van der Waals surface area contributed by atoms with Crippen LogP contribution in [0.2, 0.25) is 0 Å². The number of alkyl halides is 3. The summed E-state index contributed by atoms with van der Waals surface area (Å²) >= 11 is 1.12. The number of carbonyl (C=O) groups is 1. The van der Waals surface area contributed by atoms with Crippen molar-refractivity contribution in [1.29, 1.82) is 0 Å². The van der Waals surface area contributed by atoms with Crippen LogP contribution in [0.5, 0.6) is 11.5 Å². The lowest BCUT2D eigenvalue weighted by Gasteiger charge is -2.07. The number of imidazole rings is 1. The molecule has 0 saturated heterocycles. The van der Waals surface area contributed by atoms with Gasteiger partial charge in [0.15, 0.2) is 5.13 Å². The number of aryl methyl sites for hydroxylation is 1. The van der Waals surface area contributed by atoms with E-state index >= 15 is 0 Å². The van der Waals surface area contributed by atoms with Gasteiger partial charge in [-0.15, -0.1) is 13.2 Å². The zero-order chi connectivity index (χ0) is 33.5. The number of methoxy groups -OCH3 is 1. The van der Waals surface area contributed by atoms with Crippen LogP contribution in [0.4, 0.5) is 24.3 Å². The van der Waals surface area contributed by atoms with Gasteiger partial charge in [-0.2, -0.15) is 0 Å². The zero-order valence-corrected chi connectivity index (χ0v) is 27.7. The quantitative estimate of drug-likeness (QED) is 0.0901. The first kappa shape index (κ1) is 36.8. The minimum Gasteiger partial charge on any atom is -0.496 e. The smallest absolute Gasteiger partial charge is 0.496 e. The molecule has 0 spiro atoms. The Labute approximate surface area is 271 Å². The van der Waals surface area contributed by atoms with E-state index in [0.717, 1.165) is 37.6 Å². The second-order valence-electron chi connectivity index (χ2n) is 10.6. The Bertz CT molecular complexity index is 1510. The number of thiazole rings is 1. The number of benzene rings is 2. The maximum Gasteiger partial charge on any atom is 0.573 e. The average molecular weight is 668 g/mol. The lowest BCUT2D eigenvalue weighted by atomic mass is 10.1. The average Bonchev–Trinajstić information content (AvgIpc) is 3.55. The standard InChI is InChI=1S/C18H13F3N4O4S.C14H31NO/c1-25-12-7-13(28-2)9(15(26)27)6-11(12)22-16(25)24-17-23-10-4-3-8(5-14(10)30-17)29-18(19,20)21;1-3-5-6-7-8-9-10-11-12-15-13-14-16-4-2/h3-7H,1-2H3,(H,26,27)(H,22,23,24);15H,3-14H2,1-2H3. The molecule has 4 aromatic rings. The molecule has 0 aliphatic rings. The van der Waals surface area contributed by atoms with Crippen molar-refractivity contribution >= 4 is 49.6 Å². The second kappa shape index (κ2) is 18.5. The second-order valence-corrected chi connectivity index (χ2v) is 11.6. The largest absolute Gasteiger partial charge is 0.573 e. The molecule has 4 rings (SSSR count). The molecule has 14 heteroatoms. The molecule has 0 unspecified atom stereocenters. The molecule has 46 heavy (non-hydrogen) atoms. The number of rotatable bonds is 18. The lowest BCUT2D eigenvalue weighted by Crippen LogP contribution is -2.20. The van der Waals surface area contributed by atoms with Crippen LogP contribution in [0, 0.1) is 0 Å². The van der Waals surface area contributed by atoms with E-state index in [0.29, 0.717) is 32.3 Å². The van der Waals surface area contributed by atoms with Crippen LogP contribution in [0.25, 0.3) is 21.3 Å². The first-order chi connectivity index (χ1) is 22.1. The minimum atomic E-state index is -4.78. The highest BCUT2D eigenvalue weighted by atomic mass is 32.1. The van der Waals surface area contributed by atoms with Crippen molar-refractivity contribution in [2.75, 3.05) is 38.7 Å². The number of carboxylic acid groups (broad SMARTS) is 1. The fraction of sp³-hybridized carbons (Fsp3) is 0.531. The molecule has 3 N–H and O–H groups in total. The molecule has 0 radical (unpaired) electrons. The highest BCUT2D eigenvalue weighted by molar-refractivity contribution is 7.22. The molecule has 0 atom stereocenters. The fourth-order valence-electron chi connectivity index (χ4n) is 4.72. The number of ether oxygens (including phenoxy) is 3. The van der Waals surface area contributed by atoms with Gasteiger partial charge in [-0.3, -0.25) is 0 Å². The molecule has 2 aromatic heterocycles. The van der Waals surface area contributed by atoms with E-state index < -0.39 is 12.3 Å². The van der Waals surface area contributed by atoms with E-state index in [4.69, 9.17) is 9.47 Å². The molecule has 254 valence electrons. The summed E-state index contributed by atoms with van der Waals surface area (Å²) in [6.07, 6.45) is 6.41. The van der Waals surface area contributed by atoms with Crippen LogP contribution in [0.1, 0.15) is 75.6 Å². The van der Waals surface area contributed by atoms with Crippen molar-refractivity contribution in [2.45, 2.75) is 71.6 Å². The Balaban J connectivity index is 0.000000307. The molecule has 0 bridgehead atoms. The molecule has 0 saturated carbocycles. The number of anilines is 2. The molecule has 0 fully saturated rings. The molecule has 0 aliphatic carbocycles. The predicted octanol–water partition coefficient (Wildman–Crippen LogP) is 8.29. The van der Waals surface area contributed by atoms with Crippen molar-refractivity contribution in [3.05, 3.63) is 35.9 Å². The number of hydrogen-bond donors (Lipinski definition) is 3. The van der Waals surface area contributed by atoms with Crippen LogP contribution >= 0.6 is 11.3 Å². The summed E-state index contributed by atoms with van der Waals surface area (Å²) in [6.45, 7) is 8.16. The molecule has 0 aliphatic heterocycles. The topological polar surface area (TPSA) is 120 Å². The van der Waals surface area contributed by atoms with Crippen molar-refractivity contribution in [3.63, 3.8) is 0 Å². The van der Waals surface area contributed by atoms with Gasteiger partial charge in [-0.05, 0) is 38.1 Å². The maximum absolute atomic E-state index is 12.4. The SMILES string of the molecule is CCCCCCCCCCNCCOCC.COc1cc2c(cc1C(=O)O)nc(Nc1nc3ccc(OC(F)(F)F)cc3s1)n2C. The highest BCUT2D eigenvalue weighted by Crippen LogP contribution is 2.34. The maximum atomic E-state index is 12.4. The van der Waals surface area contributed by atoms with E-state index in [1.54, 1.807) is 17.7 Å². The van der Waals surface area contributed by atoms with Gasteiger partial charge in [0.1, 0.15) is 17.1 Å². The van der Waals surface area contributed by atoms with Crippen molar-refractivity contribution in [1.82, 2.24) is 19.9 Å². The van der Waals surface area contributed by atoms with E-state index in [1.807, 2.05) is 6.92 Å². The summed E-state index contributed by atoms with van der Waals surface area (Å²) in [6, 6.07) is 6.84. The molecule has 10 nitrogen and oxygen atoms in total. The van der Waals surface area contributed by atoms with Crippen LogP contribution in [0.3, 0.4) is 0 Å². The van der Waals surface area contributed by atoms with Crippen molar-refractivity contribution in [3.8, 4) is 11.5 Å². The van der Waals surface area contributed by atoms with Crippen molar-refractivity contribution < 1.29 is 37.3 Å². The van der Waals surface area contributed by atoms with Gasteiger partial charge in [0.2, 0.25) is 5.95 Å². The Morgan fingerprint density at radius 1 is 0.978 bits per heavy atom. The van der Waals surface area contributed by atoms with Crippen LogP contribution in [-0.2, 0) is 11.8 Å². The molecular weight excluding hydrogens is 623 g/mol. The number of nitrogens with zero attached hydrogens (tertiary/aromatic N) is 3. The summed E-state index contributed by atoms with van der Waals surface area (Å²) in [4.78, 5) is 20.1. The monoisotopic (exact) mass is 667 g/mol. The van der Waals surface area contributed by atoms with Gasteiger partial charge < -0.3 is 34.5 Å². The van der Waals surface area contributed by atoms with Crippen LogP contribution < -0.4 is 20.1 Å². The summed E-state index contributed by atoms with van der Waals surface area (Å²) in [5, 5.41) is 16.1. The fourth-order valence-corrected chi connectivity index (χ4v) is 5.60. The van der Waals surface area contributed by atoms with Gasteiger partial charge in [0, 0.05) is 32.3 Å². The Kier molecular flexibility index (Phi) is 14.8. The predicted molar refractivity (Wildman–Crippen MR) is 176 cm³/mol. The highest BCUT2D eigenvalue weighted by Gasteiger charge is 2.31. The third-order valence-corrected chi connectivity index (χ3v) is 8.01. The van der Waals surface area contributed by atoms with Gasteiger partial charge in [0.25, 0.3) is 0 Å². The van der Waals surface area contributed by atoms with Crippen LogP contribution in [-0.4, -0.2) is 65.4 Å². The lowest BCUT2D eigenvalue weighted by molar-refractivity contribution is -0.274. The summed E-state index contributed by atoms with van der Waals surface area (Å²) in [5.41, 5.74) is 1.53. The van der Waals surface area contributed by atoms with Gasteiger partial charge in [-0.1, -0.05) is 63.2 Å². The summed E-state index contributed by atoms with van der Waals surface area (Å²) < 4.78 is 53.7. The minimum absolute atomic E-state index is 0.0215. The molecule has 2 heterocycles. The number of halogens is 3. The number of hydrogen-bond acceptors (Lipinski definition) is 9. The number of aromatic carboxylic acids is 1. The first-order valence-electron chi connectivity index (χ1n) is 15.6. The van der Waals surface area contributed by atoms with E-state index in [9.17, 15) is 23.1 Å². The number of fused-ring (bicyclic) bond motifs is 2. The van der Waals surface area contributed by atoms with Crippen LogP contribution in [0.15, 0.2) is 30.3 Å². The third-order valence-electron chi connectivity index (χ3n) is 7.08. The first-order valence-corrected chi connectivity index (χ1v) is 16.4. The third kappa shape index (κ3) is 11.6. The zero-order valence-electron chi connectivity index (χ0n) is 26.8. The summed E-state index contributed by atoms with van der Waals surface area (Å²) in [5.74, 6) is -0.902. The Hall–Kier alpha value is -3.62. The normalized spacial score (nSPS) is 11.5. The molecular formula is C32H44F3N5O5S. The summed E-state index contributed by atoms with van der Waals surface area (Å²) in [7, 11) is 3.10. The Morgan fingerprint density at radius 3 is 2.35 bits per heavy atom. The van der Waals surface area contributed by atoms with E-state index in [-0.39, 0.29) is 17.1 Å². The number of carboxylic acids is 1. The van der Waals surface area contributed by atoms with Gasteiger partial charge >= 0.3 is 12.3 Å². The van der Waals surface area contributed by atoms with Crippen molar-refractivity contribution in [2.24, 2.45) is 7.05 Å². The number of unbranched alkanes of at least 4 members (excludes halogenated alkanes) is 7. The number of aromatic nitrogens is 3. The van der Waals surface area contributed by atoms with Gasteiger partial charge in [0.05, 0.1) is 35.0 Å². The van der Waals surface area contributed by atoms with E-state index in [1.165, 1.54) is 82.7 Å². The molecule has 0 amide bonds. The van der Waals surface area contributed by atoms with Gasteiger partial charge in [-0.25, -0.2) is 14.8 Å². The number of nitrogens with one attached hydrogen (secondary N) is 2. The van der Waals surface area contributed by atoms with E-state index in [2.05, 4.69) is 32.3 Å². The Morgan fingerprint density at radius 2 is 1.70 bits per heavy atom.